The maximum Gasteiger partial charge on any atom is 0.317 e. The van der Waals surface area contributed by atoms with Gasteiger partial charge in [0.25, 0.3) is 0 Å². The zero-order valence-corrected chi connectivity index (χ0v) is 12.3. The van der Waals surface area contributed by atoms with Crippen molar-refractivity contribution in [2.45, 2.75) is 64.5 Å². The summed E-state index contributed by atoms with van der Waals surface area (Å²) in [6.07, 6.45) is 6.78. The van der Waals surface area contributed by atoms with E-state index in [0.717, 1.165) is 25.8 Å². The molecule has 2 fully saturated rings. The van der Waals surface area contributed by atoms with E-state index in [1.807, 2.05) is 4.90 Å². The monoisotopic (exact) mass is 268 g/mol. The van der Waals surface area contributed by atoms with Crippen LogP contribution in [0.3, 0.4) is 0 Å². The van der Waals surface area contributed by atoms with E-state index in [2.05, 4.69) is 19.2 Å². The minimum Gasteiger partial charge on any atom is -0.394 e. The molecular weight excluding hydrogens is 240 g/mol. The van der Waals surface area contributed by atoms with Gasteiger partial charge >= 0.3 is 6.03 Å². The number of aliphatic hydroxyl groups is 1. The van der Waals surface area contributed by atoms with E-state index >= 15 is 0 Å². The first-order valence-electron chi connectivity index (χ1n) is 7.81. The minimum absolute atomic E-state index is 0.0288. The van der Waals surface area contributed by atoms with Crippen LogP contribution in [0.15, 0.2) is 0 Å². The number of carbonyl (C=O) groups excluding carboxylic acids is 1. The maximum atomic E-state index is 12.4. The van der Waals surface area contributed by atoms with Gasteiger partial charge in [-0.1, -0.05) is 26.7 Å². The predicted octanol–water partition coefficient (Wildman–Crippen LogP) is 2.37. The van der Waals surface area contributed by atoms with Crippen molar-refractivity contribution in [1.82, 2.24) is 10.2 Å². The normalized spacial score (nSPS) is 31.8. The van der Waals surface area contributed by atoms with Gasteiger partial charge in [0.15, 0.2) is 0 Å². The molecule has 2 aliphatic rings. The number of hydrogen-bond donors (Lipinski definition) is 2. The van der Waals surface area contributed by atoms with Crippen LogP contribution < -0.4 is 5.32 Å². The fourth-order valence-electron chi connectivity index (χ4n) is 3.67. The molecule has 1 saturated heterocycles. The summed E-state index contributed by atoms with van der Waals surface area (Å²) in [5.74, 6) is 1.23. The lowest BCUT2D eigenvalue weighted by molar-refractivity contribution is 0.142. The molecule has 3 unspecified atom stereocenters. The second kappa shape index (κ2) is 6.60. The Bertz CT molecular complexity index is 307. The van der Waals surface area contributed by atoms with E-state index in [9.17, 15) is 9.90 Å². The highest BCUT2D eigenvalue weighted by atomic mass is 16.3. The number of hydrogen-bond acceptors (Lipinski definition) is 2. The molecule has 4 heteroatoms. The number of rotatable bonds is 3. The molecule has 0 radical (unpaired) electrons. The van der Waals surface area contributed by atoms with Crippen molar-refractivity contribution in [3.8, 4) is 0 Å². The first-order chi connectivity index (χ1) is 9.13. The quantitative estimate of drug-likeness (QED) is 0.825. The Morgan fingerprint density at radius 2 is 2.00 bits per heavy atom. The van der Waals surface area contributed by atoms with E-state index in [1.165, 1.54) is 19.3 Å². The highest BCUT2D eigenvalue weighted by Gasteiger charge is 2.33. The predicted molar refractivity (Wildman–Crippen MR) is 75.9 cm³/mol. The summed E-state index contributed by atoms with van der Waals surface area (Å²) < 4.78 is 0. The van der Waals surface area contributed by atoms with Gasteiger partial charge in [0.05, 0.1) is 12.6 Å². The number of nitrogens with zero attached hydrogens (tertiary/aromatic N) is 1. The summed E-state index contributed by atoms with van der Waals surface area (Å²) in [7, 11) is 0. The van der Waals surface area contributed by atoms with Crippen LogP contribution in [0.4, 0.5) is 4.79 Å². The number of amides is 2. The number of urea groups is 1. The van der Waals surface area contributed by atoms with Gasteiger partial charge in [-0.05, 0) is 37.5 Å². The Morgan fingerprint density at radius 1 is 1.26 bits per heavy atom. The van der Waals surface area contributed by atoms with Crippen molar-refractivity contribution in [3.63, 3.8) is 0 Å². The molecule has 4 nitrogen and oxygen atoms in total. The molecule has 0 spiro atoms. The van der Waals surface area contributed by atoms with Crippen molar-refractivity contribution in [1.29, 1.82) is 0 Å². The summed E-state index contributed by atoms with van der Waals surface area (Å²) in [5.41, 5.74) is 0. The van der Waals surface area contributed by atoms with Crippen LogP contribution >= 0.6 is 0 Å². The average molecular weight is 268 g/mol. The average Bonchev–Trinajstić information content (AvgIpc) is 2.87. The third-order valence-electron chi connectivity index (χ3n) is 4.83. The van der Waals surface area contributed by atoms with Crippen LogP contribution in [-0.2, 0) is 0 Å². The van der Waals surface area contributed by atoms with E-state index in [0.29, 0.717) is 17.9 Å². The van der Waals surface area contributed by atoms with Crippen LogP contribution in [-0.4, -0.2) is 41.3 Å². The minimum atomic E-state index is 0.0288. The molecule has 110 valence electrons. The lowest BCUT2D eigenvalue weighted by Crippen LogP contribution is -2.51. The summed E-state index contributed by atoms with van der Waals surface area (Å²) in [6.45, 7) is 5.38. The molecular formula is C15H28N2O2. The molecule has 3 atom stereocenters. The van der Waals surface area contributed by atoms with E-state index < -0.39 is 0 Å². The number of aliphatic hydroxyl groups excluding tert-OH is 1. The molecule has 2 N–H and O–H groups in total. The highest BCUT2D eigenvalue weighted by Crippen LogP contribution is 2.30. The second-order valence-electron chi connectivity index (χ2n) is 6.42. The largest absolute Gasteiger partial charge is 0.394 e. The molecule has 0 bridgehead atoms. The Labute approximate surface area is 116 Å². The summed E-state index contributed by atoms with van der Waals surface area (Å²) in [6, 6.07) is 0.386. The van der Waals surface area contributed by atoms with Crippen molar-refractivity contribution in [2.24, 2.45) is 11.8 Å². The Morgan fingerprint density at radius 3 is 2.68 bits per heavy atom. The van der Waals surface area contributed by atoms with Gasteiger partial charge in [0.2, 0.25) is 0 Å². The second-order valence-corrected chi connectivity index (χ2v) is 6.42. The molecule has 1 aliphatic heterocycles. The van der Waals surface area contributed by atoms with Crippen molar-refractivity contribution < 1.29 is 9.90 Å². The van der Waals surface area contributed by atoms with E-state index in [-0.39, 0.29) is 18.7 Å². The first-order valence-corrected chi connectivity index (χ1v) is 7.81. The lowest BCUT2D eigenvalue weighted by atomic mass is 9.78. The van der Waals surface area contributed by atoms with Crippen molar-refractivity contribution in [3.05, 3.63) is 0 Å². The van der Waals surface area contributed by atoms with Crippen molar-refractivity contribution in [2.75, 3.05) is 13.2 Å². The van der Waals surface area contributed by atoms with E-state index in [1.54, 1.807) is 0 Å². The van der Waals surface area contributed by atoms with Crippen LogP contribution in [0.2, 0.25) is 0 Å². The summed E-state index contributed by atoms with van der Waals surface area (Å²) in [4.78, 5) is 14.2. The number of carbonyl (C=O) groups is 1. The van der Waals surface area contributed by atoms with Gasteiger partial charge in [-0.15, -0.1) is 0 Å². The van der Waals surface area contributed by atoms with Gasteiger partial charge in [0.1, 0.15) is 0 Å². The Hall–Kier alpha value is -0.770. The molecule has 2 rings (SSSR count). The smallest absolute Gasteiger partial charge is 0.317 e. The first kappa shape index (κ1) is 14.6. The Kier molecular flexibility index (Phi) is 5.08. The number of likely N-dealkylation sites (tertiary alicyclic amines) is 1. The van der Waals surface area contributed by atoms with Crippen LogP contribution in [0.5, 0.6) is 0 Å². The van der Waals surface area contributed by atoms with Crippen LogP contribution in [0, 0.1) is 11.8 Å². The zero-order chi connectivity index (χ0) is 13.8. The Balaban J connectivity index is 1.93. The van der Waals surface area contributed by atoms with Gasteiger partial charge in [0, 0.05) is 12.6 Å². The third-order valence-corrected chi connectivity index (χ3v) is 4.83. The molecule has 1 heterocycles. The van der Waals surface area contributed by atoms with Crippen molar-refractivity contribution >= 4 is 6.03 Å². The fraction of sp³-hybridized carbons (Fsp3) is 0.933. The topological polar surface area (TPSA) is 52.6 Å². The highest BCUT2D eigenvalue weighted by molar-refractivity contribution is 5.75. The third kappa shape index (κ3) is 3.41. The zero-order valence-electron chi connectivity index (χ0n) is 12.3. The molecule has 19 heavy (non-hydrogen) atoms. The van der Waals surface area contributed by atoms with Crippen LogP contribution in [0.25, 0.3) is 0 Å². The summed E-state index contributed by atoms with van der Waals surface area (Å²) in [5, 5.41) is 12.5. The standard InChI is InChI=1S/C15H28N2O2/c1-11(2)13-7-3-4-8-14(13)16-15(19)17-9-5-6-12(17)10-18/h11-14,18H,3-10H2,1-2H3,(H,16,19). The summed E-state index contributed by atoms with van der Waals surface area (Å²) >= 11 is 0. The number of nitrogens with one attached hydrogen (secondary N) is 1. The van der Waals surface area contributed by atoms with E-state index in [4.69, 9.17) is 0 Å². The fourth-order valence-corrected chi connectivity index (χ4v) is 3.67. The maximum absolute atomic E-state index is 12.4. The van der Waals surface area contributed by atoms with Gasteiger partial charge in [-0.25, -0.2) is 4.79 Å². The van der Waals surface area contributed by atoms with Gasteiger partial charge in [-0.2, -0.15) is 0 Å². The molecule has 0 aromatic heterocycles. The SMILES string of the molecule is CC(C)C1CCCCC1NC(=O)N1CCCC1CO. The molecule has 0 aromatic rings. The van der Waals surface area contributed by atoms with Gasteiger partial charge < -0.3 is 15.3 Å². The van der Waals surface area contributed by atoms with Gasteiger partial charge in [-0.3, -0.25) is 0 Å². The van der Waals surface area contributed by atoms with Crippen LogP contribution in [0.1, 0.15) is 52.4 Å². The lowest BCUT2D eigenvalue weighted by Gasteiger charge is -2.36. The molecule has 0 aromatic carbocycles. The molecule has 2 amide bonds. The molecule has 1 aliphatic carbocycles. The molecule has 1 saturated carbocycles.